The van der Waals surface area contributed by atoms with E-state index in [2.05, 4.69) is 78.9 Å². The maximum absolute atomic E-state index is 2.35. The lowest BCUT2D eigenvalue weighted by Crippen LogP contribution is -2.11. The van der Waals surface area contributed by atoms with Crippen molar-refractivity contribution >= 4 is 6.08 Å². The van der Waals surface area contributed by atoms with Gasteiger partial charge in [0.2, 0.25) is 0 Å². The van der Waals surface area contributed by atoms with Crippen molar-refractivity contribution in [2.45, 2.75) is 6.42 Å². The number of allylic oxidation sites excluding steroid dienone is 5. The first kappa shape index (κ1) is 11.5. The summed E-state index contributed by atoms with van der Waals surface area (Å²) in [5, 5.41) is 0. The van der Waals surface area contributed by atoms with Gasteiger partial charge in [-0.1, -0.05) is 78.9 Å². The summed E-state index contributed by atoms with van der Waals surface area (Å²) in [6, 6.07) is 17.5. The van der Waals surface area contributed by atoms with E-state index in [1.54, 1.807) is 0 Å². The van der Waals surface area contributed by atoms with Crippen LogP contribution < -0.4 is 0 Å². The fourth-order valence-electron chi connectivity index (χ4n) is 3.09. The molecular formula is C20H16. The molecule has 0 bridgehead atoms. The molecular weight excluding hydrogens is 240 g/mol. The van der Waals surface area contributed by atoms with Crippen molar-refractivity contribution in [3.63, 3.8) is 0 Å². The van der Waals surface area contributed by atoms with Crippen molar-refractivity contribution in [1.29, 1.82) is 0 Å². The first-order valence-corrected chi connectivity index (χ1v) is 7.15. The monoisotopic (exact) mass is 256 g/mol. The van der Waals surface area contributed by atoms with Crippen LogP contribution in [0.4, 0.5) is 0 Å². The zero-order valence-corrected chi connectivity index (χ0v) is 11.3. The second-order valence-electron chi connectivity index (χ2n) is 5.48. The lowest BCUT2D eigenvalue weighted by atomic mass is 9.80. The van der Waals surface area contributed by atoms with Crippen molar-refractivity contribution in [2.24, 2.45) is 5.92 Å². The van der Waals surface area contributed by atoms with Crippen molar-refractivity contribution < 1.29 is 0 Å². The van der Waals surface area contributed by atoms with E-state index in [9.17, 15) is 0 Å². The summed E-state index contributed by atoms with van der Waals surface area (Å²) < 4.78 is 0. The summed E-state index contributed by atoms with van der Waals surface area (Å²) >= 11 is 0. The molecule has 0 heterocycles. The predicted molar refractivity (Wildman–Crippen MR) is 85.3 cm³/mol. The van der Waals surface area contributed by atoms with Gasteiger partial charge in [-0.2, -0.15) is 0 Å². The molecule has 0 radical (unpaired) electrons. The standard InChI is InChI=1S/C20H16/c1-2-6-15(7-3-1)18-10-11-19-12-16-8-4-5-9-17(16)13-20(19)14-18/h1-12,14,17H,13H2. The van der Waals surface area contributed by atoms with Gasteiger partial charge in [0.05, 0.1) is 0 Å². The molecule has 0 saturated carbocycles. The van der Waals surface area contributed by atoms with Crippen molar-refractivity contribution in [2.75, 3.05) is 0 Å². The molecule has 1 unspecified atom stereocenters. The molecule has 0 aliphatic heterocycles. The number of hydrogen-bond acceptors (Lipinski definition) is 0. The Morgan fingerprint density at radius 3 is 2.65 bits per heavy atom. The molecule has 4 rings (SSSR count). The molecule has 1 atom stereocenters. The van der Waals surface area contributed by atoms with Gasteiger partial charge in [0, 0.05) is 5.92 Å². The SMILES string of the molecule is C1=CC2=Cc3ccc(-c4ccccc4)cc3CC2C=C1. The van der Waals surface area contributed by atoms with E-state index in [1.807, 2.05) is 0 Å². The third-order valence-corrected chi connectivity index (χ3v) is 4.18. The molecule has 0 aromatic heterocycles. The number of fused-ring (bicyclic) bond motifs is 2. The fraction of sp³-hybridized carbons (Fsp3) is 0.100. The fourth-order valence-corrected chi connectivity index (χ4v) is 3.09. The van der Waals surface area contributed by atoms with Crippen LogP contribution in [0.15, 0.2) is 78.4 Å². The highest BCUT2D eigenvalue weighted by atomic mass is 14.2. The average Bonchev–Trinajstić information content (AvgIpc) is 2.53. The molecule has 0 heteroatoms. The summed E-state index contributed by atoms with van der Waals surface area (Å²) in [5.74, 6) is 0.554. The Kier molecular flexibility index (Phi) is 2.67. The van der Waals surface area contributed by atoms with Gasteiger partial charge in [-0.3, -0.25) is 0 Å². The first-order chi connectivity index (χ1) is 9.90. The number of rotatable bonds is 1. The van der Waals surface area contributed by atoms with E-state index in [0.717, 1.165) is 6.42 Å². The van der Waals surface area contributed by atoms with Crippen LogP contribution in [0, 0.1) is 5.92 Å². The van der Waals surface area contributed by atoms with Crippen LogP contribution in [0.1, 0.15) is 11.1 Å². The normalized spacial score (nSPS) is 19.2. The lowest BCUT2D eigenvalue weighted by Gasteiger charge is -2.24. The van der Waals surface area contributed by atoms with Gasteiger partial charge in [0.1, 0.15) is 0 Å². The molecule has 96 valence electrons. The molecule has 0 fully saturated rings. The third kappa shape index (κ3) is 1.94. The maximum Gasteiger partial charge on any atom is 0.00619 e. The van der Waals surface area contributed by atoms with E-state index in [-0.39, 0.29) is 0 Å². The molecule has 0 saturated heterocycles. The predicted octanol–water partition coefficient (Wildman–Crippen LogP) is 5.04. The van der Waals surface area contributed by atoms with Gasteiger partial charge in [0.15, 0.2) is 0 Å². The molecule has 2 aromatic rings. The second kappa shape index (κ2) is 4.64. The molecule has 2 aromatic carbocycles. The average molecular weight is 256 g/mol. The Balaban J connectivity index is 1.78. The van der Waals surface area contributed by atoms with Gasteiger partial charge >= 0.3 is 0 Å². The molecule has 2 aliphatic rings. The second-order valence-corrected chi connectivity index (χ2v) is 5.48. The van der Waals surface area contributed by atoms with Crippen molar-refractivity contribution in [3.8, 4) is 11.1 Å². The van der Waals surface area contributed by atoms with Crippen LogP contribution in [-0.4, -0.2) is 0 Å². The summed E-state index contributed by atoms with van der Waals surface area (Å²) in [7, 11) is 0. The Hall–Kier alpha value is -2.34. The Morgan fingerprint density at radius 2 is 1.75 bits per heavy atom. The van der Waals surface area contributed by atoms with Gasteiger partial charge in [-0.15, -0.1) is 0 Å². The van der Waals surface area contributed by atoms with Crippen molar-refractivity contribution in [1.82, 2.24) is 0 Å². The van der Waals surface area contributed by atoms with Crippen LogP contribution in [-0.2, 0) is 6.42 Å². The van der Waals surface area contributed by atoms with Gasteiger partial charge in [-0.05, 0) is 34.2 Å². The highest BCUT2D eigenvalue weighted by Gasteiger charge is 2.19. The highest BCUT2D eigenvalue weighted by Crippen LogP contribution is 2.34. The number of hydrogen-bond donors (Lipinski definition) is 0. The minimum Gasteiger partial charge on any atom is -0.0767 e. The molecule has 0 N–H and O–H groups in total. The van der Waals surface area contributed by atoms with E-state index < -0.39 is 0 Å². The molecule has 0 nitrogen and oxygen atoms in total. The molecule has 20 heavy (non-hydrogen) atoms. The molecule has 0 amide bonds. The zero-order valence-electron chi connectivity index (χ0n) is 11.3. The van der Waals surface area contributed by atoms with E-state index in [1.165, 1.54) is 27.8 Å². The number of benzene rings is 2. The molecule has 0 spiro atoms. The van der Waals surface area contributed by atoms with Gasteiger partial charge in [-0.25, -0.2) is 0 Å². The first-order valence-electron chi connectivity index (χ1n) is 7.15. The van der Waals surface area contributed by atoms with Crippen LogP contribution in [0.2, 0.25) is 0 Å². The summed E-state index contributed by atoms with van der Waals surface area (Å²) in [6.07, 6.45) is 12.3. The largest absolute Gasteiger partial charge is 0.0767 e. The smallest absolute Gasteiger partial charge is 0.00619 e. The Bertz CT molecular complexity index is 730. The third-order valence-electron chi connectivity index (χ3n) is 4.18. The zero-order chi connectivity index (χ0) is 13.4. The van der Waals surface area contributed by atoms with Crippen LogP contribution in [0.3, 0.4) is 0 Å². The van der Waals surface area contributed by atoms with Gasteiger partial charge < -0.3 is 0 Å². The van der Waals surface area contributed by atoms with E-state index in [4.69, 9.17) is 0 Å². The van der Waals surface area contributed by atoms with Crippen molar-refractivity contribution in [3.05, 3.63) is 89.5 Å². The van der Waals surface area contributed by atoms with Crippen LogP contribution in [0.25, 0.3) is 17.2 Å². The maximum atomic E-state index is 2.35. The minimum atomic E-state index is 0.554. The summed E-state index contributed by atoms with van der Waals surface area (Å²) in [4.78, 5) is 0. The Morgan fingerprint density at radius 1 is 0.850 bits per heavy atom. The minimum absolute atomic E-state index is 0.554. The topological polar surface area (TPSA) is 0 Å². The quantitative estimate of drug-likeness (QED) is 0.671. The van der Waals surface area contributed by atoms with Gasteiger partial charge in [0.25, 0.3) is 0 Å². The molecule has 2 aliphatic carbocycles. The Labute approximate surface area is 119 Å². The van der Waals surface area contributed by atoms with Crippen LogP contribution >= 0.6 is 0 Å². The van der Waals surface area contributed by atoms with E-state index in [0.29, 0.717) is 5.92 Å². The lowest BCUT2D eigenvalue weighted by molar-refractivity contribution is 0.759. The summed E-state index contributed by atoms with van der Waals surface area (Å²) in [6.45, 7) is 0. The highest BCUT2D eigenvalue weighted by molar-refractivity contribution is 5.71. The van der Waals surface area contributed by atoms with Crippen LogP contribution in [0.5, 0.6) is 0 Å². The summed E-state index contributed by atoms with van der Waals surface area (Å²) in [5.41, 5.74) is 6.88. The van der Waals surface area contributed by atoms with E-state index >= 15 is 0 Å².